The smallest absolute Gasteiger partial charge is 0.423 e. The van der Waals surface area contributed by atoms with Crippen LogP contribution in [0.4, 0.5) is 4.39 Å². The SMILES string of the molecule is CCC(CSC)N(C)Cc1cc(F)cc(B(O)O)c1. The Morgan fingerprint density at radius 1 is 1.37 bits per heavy atom. The molecule has 0 saturated carbocycles. The fourth-order valence-corrected chi connectivity index (χ4v) is 2.96. The molecule has 0 bridgehead atoms. The first-order valence-electron chi connectivity index (χ1n) is 6.32. The van der Waals surface area contributed by atoms with Gasteiger partial charge in [0, 0.05) is 18.3 Å². The van der Waals surface area contributed by atoms with Crippen molar-refractivity contribution in [3.05, 3.63) is 29.6 Å². The molecule has 2 N–H and O–H groups in total. The van der Waals surface area contributed by atoms with Crippen molar-refractivity contribution in [2.75, 3.05) is 19.1 Å². The molecular weight excluding hydrogens is 264 g/mol. The molecule has 0 amide bonds. The number of halogens is 1. The quantitative estimate of drug-likeness (QED) is 0.736. The van der Waals surface area contributed by atoms with Crippen LogP contribution in [0.5, 0.6) is 0 Å². The van der Waals surface area contributed by atoms with Crippen LogP contribution in [0.25, 0.3) is 0 Å². The predicted molar refractivity (Wildman–Crippen MR) is 80.2 cm³/mol. The molecule has 0 spiro atoms. The third-order valence-corrected chi connectivity index (χ3v) is 3.88. The van der Waals surface area contributed by atoms with E-state index in [1.807, 2.05) is 7.05 Å². The summed E-state index contributed by atoms with van der Waals surface area (Å²) in [6.07, 6.45) is 3.10. The lowest BCUT2D eigenvalue weighted by molar-refractivity contribution is 0.247. The zero-order chi connectivity index (χ0) is 14.4. The van der Waals surface area contributed by atoms with Gasteiger partial charge in [0.25, 0.3) is 0 Å². The molecule has 0 aliphatic rings. The third-order valence-electron chi connectivity index (χ3n) is 3.16. The van der Waals surface area contributed by atoms with E-state index in [1.54, 1.807) is 17.8 Å². The lowest BCUT2D eigenvalue weighted by Gasteiger charge is -2.26. The molecule has 6 heteroatoms. The highest BCUT2D eigenvalue weighted by atomic mass is 32.2. The van der Waals surface area contributed by atoms with Gasteiger partial charge in [0.2, 0.25) is 0 Å². The van der Waals surface area contributed by atoms with Crippen LogP contribution in [0.2, 0.25) is 0 Å². The van der Waals surface area contributed by atoms with E-state index in [1.165, 1.54) is 6.07 Å². The molecule has 1 unspecified atom stereocenters. The van der Waals surface area contributed by atoms with Gasteiger partial charge in [-0.25, -0.2) is 4.39 Å². The van der Waals surface area contributed by atoms with Crippen molar-refractivity contribution in [1.29, 1.82) is 0 Å². The van der Waals surface area contributed by atoms with Gasteiger partial charge in [-0.3, -0.25) is 4.90 Å². The van der Waals surface area contributed by atoms with Crippen molar-refractivity contribution < 1.29 is 14.4 Å². The molecule has 0 aliphatic carbocycles. The minimum atomic E-state index is -1.63. The molecule has 1 rings (SSSR count). The first kappa shape index (κ1) is 16.5. The molecule has 1 atom stereocenters. The molecular formula is C13H21BFNO2S. The van der Waals surface area contributed by atoms with Crippen LogP contribution in [-0.4, -0.2) is 47.2 Å². The van der Waals surface area contributed by atoms with Gasteiger partial charge < -0.3 is 10.0 Å². The number of thioether (sulfide) groups is 1. The number of rotatable bonds is 7. The number of hydrogen-bond donors (Lipinski definition) is 2. The Morgan fingerprint density at radius 2 is 2.05 bits per heavy atom. The Hall–Kier alpha value is -0.555. The Kier molecular flexibility index (Phi) is 6.86. The van der Waals surface area contributed by atoms with Gasteiger partial charge in [0.05, 0.1) is 0 Å². The van der Waals surface area contributed by atoms with Gasteiger partial charge in [0.1, 0.15) is 5.82 Å². The second-order valence-corrected chi connectivity index (χ2v) is 5.61. The minimum Gasteiger partial charge on any atom is -0.423 e. The van der Waals surface area contributed by atoms with Crippen LogP contribution in [0, 0.1) is 5.82 Å². The summed E-state index contributed by atoms with van der Waals surface area (Å²) in [6, 6.07) is 4.65. The van der Waals surface area contributed by atoms with Gasteiger partial charge in [-0.15, -0.1) is 0 Å². The van der Waals surface area contributed by atoms with Crippen molar-refractivity contribution in [3.8, 4) is 0 Å². The second-order valence-electron chi connectivity index (χ2n) is 4.70. The van der Waals surface area contributed by atoms with Crippen molar-refractivity contribution in [1.82, 2.24) is 4.90 Å². The number of hydrogen-bond acceptors (Lipinski definition) is 4. The van der Waals surface area contributed by atoms with Crippen LogP contribution in [0.1, 0.15) is 18.9 Å². The summed E-state index contributed by atoms with van der Waals surface area (Å²) < 4.78 is 13.4. The largest absolute Gasteiger partial charge is 0.488 e. The monoisotopic (exact) mass is 285 g/mol. The molecule has 106 valence electrons. The van der Waals surface area contributed by atoms with E-state index in [2.05, 4.69) is 18.1 Å². The average Bonchev–Trinajstić information content (AvgIpc) is 2.34. The maximum Gasteiger partial charge on any atom is 0.488 e. The Bertz CT molecular complexity index is 406. The van der Waals surface area contributed by atoms with Gasteiger partial charge in [-0.2, -0.15) is 11.8 Å². The lowest BCUT2D eigenvalue weighted by atomic mass is 9.79. The van der Waals surface area contributed by atoms with Crippen molar-refractivity contribution in [3.63, 3.8) is 0 Å². The lowest BCUT2D eigenvalue weighted by Crippen LogP contribution is -2.34. The summed E-state index contributed by atoms with van der Waals surface area (Å²) >= 11 is 1.79. The Balaban J connectivity index is 2.80. The van der Waals surface area contributed by atoms with Crippen LogP contribution in [-0.2, 0) is 6.54 Å². The van der Waals surface area contributed by atoms with Gasteiger partial charge in [-0.1, -0.05) is 13.0 Å². The van der Waals surface area contributed by atoms with Crippen LogP contribution in [0.15, 0.2) is 18.2 Å². The van der Waals surface area contributed by atoms with Crippen molar-refractivity contribution >= 4 is 24.3 Å². The second kappa shape index (κ2) is 7.90. The minimum absolute atomic E-state index is 0.196. The normalized spacial score (nSPS) is 12.8. The molecule has 0 heterocycles. The fourth-order valence-electron chi connectivity index (χ4n) is 2.08. The van der Waals surface area contributed by atoms with E-state index in [4.69, 9.17) is 10.0 Å². The first-order chi connectivity index (χ1) is 8.97. The molecule has 0 aliphatic heterocycles. The zero-order valence-electron chi connectivity index (χ0n) is 11.6. The number of nitrogens with zero attached hydrogens (tertiary/aromatic N) is 1. The molecule has 0 aromatic heterocycles. The van der Waals surface area contributed by atoms with Crippen LogP contribution < -0.4 is 5.46 Å². The highest BCUT2D eigenvalue weighted by molar-refractivity contribution is 7.98. The Morgan fingerprint density at radius 3 is 2.58 bits per heavy atom. The van der Waals surface area contributed by atoms with E-state index >= 15 is 0 Å². The molecule has 1 aromatic rings. The summed E-state index contributed by atoms with van der Waals surface area (Å²) in [6.45, 7) is 2.72. The van der Waals surface area contributed by atoms with E-state index in [-0.39, 0.29) is 5.46 Å². The van der Waals surface area contributed by atoms with Gasteiger partial charge in [-0.05, 0) is 42.9 Å². The molecule has 3 nitrogen and oxygen atoms in total. The topological polar surface area (TPSA) is 43.7 Å². The standard InChI is InChI=1S/C13H21BFNO2S/c1-4-13(9-19-3)16(2)8-10-5-11(14(17)18)7-12(15)6-10/h5-7,13,17-18H,4,8-9H2,1-3H3. The van der Waals surface area contributed by atoms with E-state index in [0.717, 1.165) is 23.8 Å². The first-order valence-corrected chi connectivity index (χ1v) is 7.72. The maximum atomic E-state index is 13.4. The zero-order valence-corrected chi connectivity index (χ0v) is 12.5. The predicted octanol–water partition coefficient (Wildman–Crippen LogP) is 1.08. The fraction of sp³-hybridized carbons (Fsp3) is 0.538. The third kappa shape index (κ3) is 5.14. The molecule has 19 heavy (non-hydrogen) atoms. The molecule has 1 aromatic carbocycles. The summed E-state index contributed by atoms with van der Waals surface area (Å²) in [7, 11) is 0.373. The van der Waals surface area contributed by atoms with E-state index < -0.39 is 12.9 Å². The maximum absolute atomic E-state index is 13.4. The van der Waals surface area contributed by atoms with Crippen molar-refractivity contribution in [2.24, 2.45) is 0 Å². The van der Waals surface area contributed by atoms with Gasteiger partial charge >= 0.3 is 7.12 Å². The Labute approximate surface area is 119 Å². The van der Waals surface area contributed by atoms with E-state index in [0.29, 0.717) is 12.6 Å². The summed E-state index contributed by atoms with van der Waals surface area (Å²) in [4.78, 5) is 2.17. The molecule has 0 saturated heterocycles. The van der Waals surface area contributed by atoms with Crippen LogP contribution >= 0.6 is 11.8 Å². The van der Waals surface area contributed by atoms with Crippen LogP contribution in [0.3, 0.4) is 0 Å². The number of benzene rings is 1. The summed E-state index contributed by atoms with van der Waals surface area (Å²) in [5, 5.41) is 18.2. The summed E-state index contributed by atoms with van der Waals surface area (Å²) in [5.74, 6) is 0.588. The highest BCUT2D eigenvalue weighted by Crippen LogP contribution is 2.12. The van der Waals surface area contributed by atoms with Crippen molar-refractivity contribution in [2.45, 2.75) is 25.9 Å². The van der Waals surface area contributed by atoms with E-state index in [9.17, 15) is 4.39 Å². The molecule has 0 radical (unpaired) electrons. The summed E-state index contributed by atoms with van der Waals surface area (Å²) in [5.41, 5.74) is 0.950. The average molecular weight is 285 g/mol. The molecule has 0 fully saturated rings. The van der Waals surface area contributed by atoms with Gasteiger partial charge in [0.15, 0.2) is 0 Å². The highest BCUT2D eigenvalue weighted by Gasteiger charge is 2.16.